The standard InChI is InChI=1S/C16H14BrN3O2/c1-9-12(17)4-6-15(18-9)20-16(21)14-8-10-7-11(22-2)3-5-13(10)19-14/h3-8,19H,1-2H3,(H,18,20,21). The second-order valence-corrected chi connectivity index (χ2v) is 5.71. The van der Waals surface area contributed by atoms with Gasteiger partial charge in [0, 0.05) is 15.4 Å². The predicted molar refractivity (Wildman–Crippen MR) is 89.5 cm³/mol. The first-order valence-corrected chi connectivity index (χ1v) is 7.47. The molecular weight excluding hydrogens is 346 g/mol. The van der Waals surface area contributed by atoms with Crippen molar-refractivity contribution in [3.05, 3.63) is 52.3 Å². The number of aryl methyl sites for hydroxylation is 1. The molecule has 2 N–H and O–H groups in total. The molecule has 0 spiro atoms. The molecule has 5 nitrogen and oxygen atoms in total. The fourth-order valence-corrected chi connectivity index (χ4v) is 2.38. The van der Waals surface area contributed by atoms with Crippen LogP contribution in [0.25, 0.3) is 10.9 Å². The average molecular weight is 360 g/mol. The molecule has 0 saturated heterocycles. The summed E-state index contributed by atoms with van der Waals surface area (Å²) < 4.78 is 6.09. The summed E-state index contributed by atoms with van der Waals surface area (Å²) in [5.41, 5.74) is 2.18. The number of carbonyl (C=O) groups excluding carboxylic acids is 1. The molecule has 1 aromatic carbocycles. The van der Waals surface area contributed by atoms with Crippen LogP contribution in [-0.2, 0) is 0 Å². The van der Waals surface area contributed by atoms with Gasteiger partial charge in [-0.25, -0.2) is 4.98 Å². The zero-order chi connectivity index (χ0) is 15.7. The molecule has 0 aliphatic heterocycles. The van der Waals surface area contributed by atoms with Crippen molar-refractivity contribution in [1.82, 2.24) is 9.97 Å². The number of fused-ring (bicyclic) bond motifs is 1. The molecule has 3 rings (SSSR count). The van der Waals surface area contributed by atoms with Crippen LogP contribution in [0.2, 0.25) is 0 Å². The van der Waals surface area contributed by atoms with Crippen LogP contribution in [0, 0.1) is 6.92 Å². The molecule has 0 radical (unpaired) electrons. The average Bonchev–Trinajstić information content (AvgIpc) is 2.94. The van der Waals surface area contributed by atoms with Crippen LogP contribution in [0.1, 0.15) is 16.2 Å². The number of pyridine rings is 1. The van der Waals surface area contributed by atoms with Crippen LogP contribution in [-0.4, -0.2) is 23.0 Å². The Balaban J connectivity index is 1.86. The summed E-state index contributed by atoms with van der Waals surface area (Å²) in [4.78, 5) is 19.7. The van der Waals surface area contributed by atoms with E-state index in [4.69, 9.17) is 4.74 Å². The normalized spacial score (nSPS) is 10.7. The lowest BCUT2D eigenvalue weighted by molar-refractivity contribution is 0.102. The van der Waals surface area contributed by atoms with Crippen LogP contribution in [0.5, 0.6) is 5.75 Å². The maximum atomic E-state index is 12.3. The van der Waals surface area contributed by atoms with Gasteiger partial charge in [-0.3, -0.25) is 4.79 Å². The number of halogens is 1. The monoisotopic (exact) mass is 359 g/mol. The van der Waals surface area contributed by atoms with E-state index in [9.17, 15) is 4.79 Å². The number of hydrogen-bond acceptors (Lipinski definition) is 3. The summed E-state index contributed by atoms with van der Waals surface area (Å²) >= 11 is 3.38. The number of nitrogens with one attached hydrogen (secondary N) is 2. The molecule has 0 aliphatic carbocycles. The molecule has 2 heterocycles. The minimum Gasteiger partial charge on any atom is -0.497 e. The zero-order valence-electron chi connectivity index (χ0n) is 12.1. The number of aromatic amines is 1. The molecule has 0 bridgehead atoms. The van der Waals surface area contributed by atoms with Crippen molar-refractivity contribution >= 4 is 38.6 Å². The van der Waals surface area contributed by atoms with Crippen molar-refractivity contribution in [3.8, 4) is 5.75 Å². The van der Waals surface area contributed by atoms with Crippen molar-refractivity contribution in [3.63, 3.8) is 0 Å². The fourth-order valence-electron chi connectivity index (χ4n) is 2.16. The van der Waals surface area contributed by atoms with Crippen LogP contribution in [0.15, 0.2) is 40.9 Å². The quantitative estimate of drug-likeness (QED) is 0.745. The number of hydrogen-bond donors (Lipinski definition) is 2. The largest absolute Gasteiger partial charge is 0.497 e. The van der Waals surface area contributed by atoms with Gasteiger partial charge in [-0.1, -0.05) is 0 Å². The van der Waals surface area contributed by atoms with Gasteiger partial charge >= 0.3 is 0 Å². The second kappa shape index (κ2) is 5.81. The first-order valence-electron chi connectivity index (χ1n) is 6.68. The summed E-state index contributed by atoms with van der Waals surface area (Å²) in [6.07, 6.45) is 0. The third kappa shape index (κ3) is 2.82. The Hall–Kier alpha value is -2.34. The Morgan fingerprint density at radius 1 is 1.27 bits per heavy atom. The Labute approximate surface area is 135 Å². The van der Waals surface area contributed by atoms with E-state index in [-0.39, 0.29) is 5.91 Å². The number of nitrogens with zero attached hydrogens (tertiary/aromatic N) is 1. The van der Waals surface area contributed by atoms with E-state index in [1.807, 2.05) is 31.2 Å². The summed E-state index contributed by atoms with van der Waals surface area (Å²) in [6.45, 7) is 1.87. The Bertz CT molecular complexity index is 858. The summed E-state index contributed by atoms with van der Waals surface area (Å²) in [5, 5.41) is 3.70. The molecule has 0 atom stereocenters. The van der Waals surface area contributed by atoms with Crippen molar-refractivity contribution in [1.29, 1.82) is 0 Å². The van der Waals surface area contributed by atoms with E-state index in [1.54, 1.807) is 19.2 Å². The lowest BCUT2D eigenvalue weighted by atomic mass is 10.2. The lowest BCUT2D eigenvalue weighted by Gasteiger charge is -2.04. The smallest absolute Gasteiger partial charge is 0.273 e. The van der Waals surface area contributed by atoms with Crippen LogP contribution in [0.3, 0.4) is 0 Å². The third-order valence-corrected chi connectivity index (χ3v) is 4.17. The molecule has 22 heavy (non-hydrogen) atoms. The number of H-pyrrole nitrogens is 1. The number of anilines is 1. The van der Waals surface area contributed by atoms with E-state index in [1.165, 1.54) is 0 Å². The van der Waals surface area contributed by atoms with E-state index in [2.05, 4.69) is 31.2 Å². The van der Waals surface area contributed by atoms with Gasteiger partial charge in [0.2, 0.25) is 0 Å². The van der Waals surface area contributed by atoms with Gasteiger partial charge in [-0.05, 0) is 59.3 Å². The second-order valence-electron chi connectivity index (χ2n) is 4.85. The van der Waals surface area contributed by atoms with Gasteiger partial charge < -0.3 is 15.0 Å². The number of benzene rings is 1. The lowest BCUT2D eigenvalue weighted by Crippen LogP contribution is -2.13. The highest BCUT2D eigenvalue weighted by atomic mass is 79.9. The molecular formula is C16H14BrN3O2. The molecule has 0 saturated carbocycles. The molecule has 0 fully saturated rings. The number of carbonyl (C=O) groups is 1. The number of aromatic nitrogens is 2. The summed E-state index contributed by atoms with van der Waals surface area (Å²) in [6, 6.07) is 11.0. The molecule has 2 aromatic heterocycles. The number of amides is 1. The van der Waals surface area contributed by atoms with Crippen molar-refractivity contribution in [2.45, 2.75) is 6.92 Å². The number of rotatable bonds is 3. The third-order valence-electron chi connectivity index (χ3n) is 3.34. The summed E-state index contributed by atoms with van der Waals surface area (Å²) in [7, 11) is 1.61. The van der Waals surface area contributed by atoms with Gasteiger partial charge in [-0.2, -0.15) is 0 Å². The van der Waals surface area contributed by atoms with E-state index < -0.39 is 0 Å². The van der Waals surface area contributed by atoms with E-state index >= 15 is 0 Å². The highest BCUT2D eigenvalue weighted by Gasteiger charge is 2.11. The van der Waals surface area contributed by atoms with Crippen molar-refractivity contribution < 1.29 is 9.53 Å². The predicted octanol–water partition coefficient (Wildman–Crippen LogP) is 3.89. The van der Waals surface area contributed by atoms with Crippen LogP contribution < -0.4 is 10.1 Å². The Kier molecular flexibility index (Phi) is 3.85. The highest BCUT2D eigenvalue weighted by Crippen LogP contribution is 2.22. The fraction of sp³-hybridized carbons (Fsp3) is 0.125. The number of ether oxygens (including phenoxy) is 1. The first kappa shape index (κ1) is 14.6. The first-order chi connectivity index (χ1) is 10.6. The summed E-state index contributed by atoms with van der Waals surface area (Å²) in [5.74, 6) is 1.04. The molecule has 1 amide bonds. The van der Waals surface area contributed by atoms with E-state index in [0.717, 1.165) is 26.8 Å². The SMILES string of the molecule is COc1ccc2[nH]c(C(=O)Nc3ccc(Br)c(C)n3)cc2c1. The number of methoxy groups -OCH3 is 1. The van der Waals surface area contributed by atoms with Gasteiger partial charge in [0.05, 0.1) is 12.8 Å². The van der Waals surface area contributed by atoms with Gasteiger partial charge in [0.1, 0.15) is 17.3 Å². The van der Waals surface area contributed by atoms with Crippen LogP contribution in [0.4, 0.5) is 5.82 Å². The molecule has 0 unspecified atom stereocenters. The molecule has 0 aliphatic rings. The van der Waals surface area contributed by atoms with Crippen LogP contribution >= 0.6 is 15.9 Å². The van der Waals surface area contributed by atoms with Crippen molar-refractivity contribution in [2.24, 2.45) is 0 Å². The molecule has 112 valence electrons. The topological polar surface area (TPSA) is 67.0 Å². The maximum Gasteiger partial charge on any atom is 0.273 e. The van der Waals surface area contributed by atoms with Crippen molar-refractivity contribution in [2.75, 3.05) is 12.4 Å². The van der Waals surface area contributed by atoms with E-state index in [0.29, 0.717) is 11.5 Å². The Morgan fingerprint density at radius 3 is 2.82 bits per heavy atom. The van der Waals surface area contributed by atoms with Gasteiger partial charge in [-0.15, -0.1) is 0 Å². The maximum absolute atomic E-state index is 12.3. The Morgan fingerprint density at radius 2 is 2.09 bits per heavy atom. The highest BCUT2D eigenvalue weighted by molar-refractivity contribution is 9.10. The van der Waals surface area contributed by atoms with Gasteiger partial charge in [0.15, 0.2) is 0 Å². The minimum atomic E-state index is -0.232. The molecule has 3 aromatic rings. The van der Waals surface area contributed by atoms with Gasteiger partial charge in [0.25, 0.3) is 5.91 Å². The molecule has 6 heteroatoms. The minimum absolute atomic E-state index is 0.232. The zero-order valence-corrected chi connectivity index (χ0v) is 13.7.